The molecule has 29 heavy (non-hydrogen) atoms. The van der Waals surface area contributed by atoms with E-state index in [9.17, 15) is 18.0 Å². The molecule has 0 N–H and O–H groups in total. The lowest BCUT2D eigenvalue weighted by atomic mass is 10.2. The summed E-state index contributed by atoms with van der Waals surface area (Å²) in [4.78, 5) is 33.6. The van der Waals surface area contributed by atoms with Gasteiger partial charge in [-0.3, -0.25) is 14.0 Å². The molecule has 3 aromatic rings. The minimum absolute atomic E-state index is 0.0453. The monoisotopic (exact) mass is 417 g/mol. The first-order valence-electron chi connectivity index (χ1n) is 8.52. The van der Waals surface area contributed by atoms with Gasteiger partial charge in [0.1, 0.15) is 12.3 Å². The van der Waals surface area contributed by atoms with E-state index in [0.29, 0.717) is 10.1 Å². The van der Waals surface area contributed by atoms with Crippen molar-refractivity contribution in [2.45, 2.75) is 18.4 Å². The van der Waals surface area contributed by atoms with Crippen LogP contribution in [0.1, 0.15) is 21.7 Å². The van der Waals surface area contributed by atoms with Crippen molar-refractivity contribution in [3.63, 3.8) is 0 Å². The summed E-state index contributed by atoms with van der Waals surface area (Å²) >= 11 is 0. The average Bonchev–Trinajstić information content (AvgIpc) is 2.71. The number of fused-ring (bicyclic) bond motifs is 1. The molecule has 0 atom stereocenters. The normalized spacial score (nSPS) is 11.7. The summed E-state index contributed by atoms with van der Waals surface area (Å²) in [5, 5.41) is 0. The Morgan fingerprint density at radius 1 is 1.17 bits per heavy atom. The predicted octanol–water partition coefficient (Wildman–Crippen LogP) is 1.54. The number of aryl methyl sites for hydroxylation is 1. The number of nitrogens with zero attached hydrogens (tertiary/aromatic N) is 3. The molecule has 0 fully saturated rings. The highest BCUT2D eigenvalue weighted by Gasteiger charge is 2.22. The van der Waals surface area contributed by atoms with Crippen LogP contribution in [0.5, 0.6) is 0 Å². The maximum absolute atomic E-state index is 12.4. The first kappa shape index (κ1) is 20.6. The highest BCUT2D eigenvalue weighted by atomic mass is 32.2. The van der Waals surface area contributed by atoms with Gasteiger partial charge in [0.2, 0.25) is 0 Å². The molecule has 0 saturated carbocycles. The number of hydrogen-bond donors (Lipinski definition) is 0. The van der Waals surface area contributed by atoms with Gasteiger partial charge in [0, 0.05) is 18.8 Å². The van der Waals surface area contributed by atoms with Gasteiger partial charge >= 0.3 is 5.97 Å². The second kappa shape index (κ2) is 8.11. The molecule has 0 radical (unpaired) electrons. The molecule has 152 valence electrons. The molecule has 0 unspecified atom stereocenters. The van der Waals surface area contributed by atoms with Crippen LogP contribution >= 0.6 is 0 Å². The summed E-state index contributed by atoms with van der Waals surface area (Å²) in [7, 11) is -1.44. The van der Waals surface area contributed by atoms with Crippen molar-refractivity contribution in [2.24, 2.45) is 0 Å². The number of benzene rings is 1. The van der Waals surface area contributed by atoms with Gasteiger partial charge in [-0.15, -0.1) is 0 Å². The number of rotatable bonds is 6. The largest absolute Gasteiger partial charge is 0.456 e. The van der Waals surface area contributed by atoms with E-state index in [1.807, 2.05) is 0 Å². The van der Waals surface area contributed by atoms with E-state index in [4.69, 9.17) is 9.57 Å². The Morgan fingerprint density at radius 2 is 1.90 bits per heavy atom. The first-order valence-corrected chi connectivity index (χ1v) is 9.96. The Labute approximate surface area is 167 Å². The zero-order chi connectivity index (χ0) is 21.2. The van der Waals surface area contributed by atoms with Gasteiger partial charge in [-0.1, -0.05) is 16.6 Å². The SMILES string of the molecule is CON(C)S(=O)(=O)c1cccc(C(=O)OCc2cc(=O)n3c(C)cccc3n2)c1. The fourth-order valence-corrected chi connectivity index (χ4v) is 3.71. The summed E-state index contributed by atoms with van der Waals surface area (Å²) < 4.78 is 32.0. The van der Waals surface area contributed by atoms with Crippen molar-refractivity contribution in [3.05, 3.63) is 75.8 Å². The lowest BCUT2D eigenvalue weighted by Crippen LogP contribution is -2.26. The summed E-state index contributed by atoms with van der Waals surface area (Å²) in [6.07, 6.45) is 0. The van der Waals surface area contributed by atoms with Gasteiger partial charge in [-0.05, 0) is 37.3 Å². The molecule has 0 aliphatic heterocycles. The molecule has 0 bridgehead atoms. The van der Waals surface area contributed by atoms with E-state index in [-0.39, 0.29) is 28.3 Å². The molecule has 0 aliphatic carbocycles. The van der Waals surface area contributed by atoms with Crippen molar-refractivity contribution in [1.29, 1.82) is 0 Å². The molecular formula is C19H19N3O6S. The van der Waals surface area contributed by atoms with Gasteiger partial charge in [0.05, 0.1) is 23.3 Å². The molecule has 2 aromatic heterocycles. The molecule has 10 heteroatoms. The minimum atomic E-state index is -3.90. The van der Waals surface area contributed by atoms with E-state index in [1.165, 1.54) is 48.9 Å². The zero-order valence-corrected chi connectivity index (χ0v) is 16.8. The number of pyridine rings is 1. The van der Waals surface area contributed by atoms with Crippen LogP contribution in [0.2, 0.25) is 0 Å². The number of ether oxygens (including phenoxy) is 1. The van der Waals surface area contributed by atoms with Gasteiger partial charge in [0.25, 0.3) is 15.6 Å². The number of sulfonamides is 1. The van der Waals surface area contributed by atoms with Crippen molar-refractivity contribution in [1.82, 2.24) is 13.9 Å². The lowest BCUT2D eigenvalue weighted by molar-refractivity contribution is -0.0258. The van der Waals surface area contributed by atoms with Crippen LogP contribution < -0.4 is 5.56 Å². The van der Waals surface area contributed by atoms with Crippen molar-refractivity contribution in [3.8, 4) is 0 Å². The third kappa shape index (κ3) is 4.19. The fraction of sp³-hybridized carbons (Fsp3) is 0.211. The standard InChI is InChI=1S/C19H19N3O6S/c1-13-6-4-9-17-20-15(11-18(23)22(13)17)12-28-19(24)14-7-5-8-16(10-14)29(25,26)21(2)27-3/h4-11H,12H2,1-3H3. The topological polar surface area (TPSA) is 107 Å². The first-order chi connectivity index (χ1) is 13.7. The second-order valence-electron chi connectivity index (χ2n) is 6.15. The summed E-state index contributed by atoms with van der Waals surface area (Å²) in [5.74, 6) is -0.742. The van der Waals surface area contributed by atoms with Crippen molar-refractivity contribution >= 4 is 21.6 Å². The number of hydroxylamine groups is 1. The Balaban J connectivity index is 1.81. The van der Waals surface area contributed by atoms with Crippen LogP contribution in [-0.4, -0.2) is 42.4 Å². The molecule has 0 amide bonds. The van der Waals surface area contributed by atoms with Crippen LogP contribution in [0.3, 0.4) is 0 Å². The van der Waals surface area contributed by atoms with Gasteiger partial charge in [-0.25, -0.2) is 18.2 Å². The lowest BCUT2D eigenvalue weighted by Gasteiger charge is -2.14. The van der Waals surface area contributed by atoms with E-state index >= 15 is 0 Å². The van der Waals surface area contributed by atoms with E-state index in [0.717, 1.165) is 5.69 Å². The van der Waals surface area contributed by atoms with Crippen LogP contribution in [0.15, 0.2) is 58.2 Å². The van der Waals surface area contributed by atoms with Crippen molar-refractivity contribution in [2.75, 3.05) is 14.2 Å². The predicted molar refractivity (Wildman–Crippen MR) is 104 cm³/mol. The van der Waals surface area contributed by atoms with Crippen LogP contribution in [-0.2, 0) is 26.2 Å². The molecule has 2 heterocycles. The van der Waals surface area contributed by atoms with Crippen LogP contribution in [0.4, 0.5) is 0 Å². The van der Waals surface area contributed by atoms with E-state index in [1.54, 1.807) is 25.1 Å². The Hall–Kier alpha value is -3.08. The van der Waals surface area contributed by atoms with Gasteiger partial charge in [0.15, 0.2) is 0 Å². The third-order valence-electron chi connectivity index (χ3n) is 4.25. The summed E-state index contributed by atoms with van der Waals surface area (Å²) in [6, 6.07) is 11.9. The maximum Gasteiger partial charge on any atom is 0.338 e. The Bertz CT molecular complexity index is 1240. The summed E-state index contributed by atoms with van der Waals surface area (Å²) in [6.45, 7) is 1.56. The third-order valence-corrected chi connectivity index (χ3v) is 5.92. The Morgan fingerprint density at radius 3 is 2.62 bits per heavy atom. The van der Waals surface area contributed by atoms with Crippen molar-refractivity contribution < 1.29 is 22.8 Å². The van der Waals surface area contributed by atoms with E-state index < -0.39 is 16.0 Å². The number of carbonyl (C=O) groups is 1. The second-order valence-corrected chi connectivity index (χ2v) is 8.08. The number of carbonyl (C=O) groups excluding carboxylic acids is 1. The molecule has 0 aliphatic rings. The van der Waals surface area contributed by atoms with Gasteiger partial charge in [-0.2, -0.15) is 0 Å². The average molecular weight is 417 g/mol. The number of aromatic nitrogens is 2. The van der Waals surface area contributed by atoms with E-state index in [2.05, 4.69) is 4.98 Å². The molecule has 9 nitrogen and oxygen atoms in total. The molecule has 0 spiro atoms. The number of esters is 1. The molecule has 0 saturated heterocycles. The number of hydrogen-bond acceptors (Lipinski definition) is 7. The summed E-state index contributed by atoms with van der Waals surface area (Å²) in [5.41, 5.74) is 1.23. The maximum atomic E-state index is 12.4. The van der Waals surface area contributed by atoms with Crippen LogP contribution in [0, 0.1) is 6.92 Å². The smallest absolute Gasteiger partial charge is 0.338 e. The molecule has 3 rings (SSSR count). The minimum Gasteiger partial charge on any atom is -0.456 e. The zero-order valence-electron chi connectivity index (χ0n) is 16.0. The van der Waals surface area contributed by atoms with Crippen LogP contribution in [0.25, 0.3) is 5.65 Å². The molecular weight excluding hydrogens is 398 g/mol. The highest BCUT2D eigenvalue weighted by Crippen LogP contribution is 2.17. The Kier molecular flexibility index (Phi) is 5.78. The fourth-order valence-electron chi connectivity index (χ4n) is 2.69. The quantitative estimate of drug-likeness (QED) is 0.442. The van der Waals surface area contributed by atoms with Gasteiger partial charge < -0.3 is 4.74 Å². The highest BCUT2D eigenvalue weighted by molar-refractivity contribution is 7.89. The molecule has 1 aromatic carbocycles.